The highest BCUT2D eigenvalue weighted by Crippen LogP contribution is 2.40. The molecule has 0 bridgehead atoms. The summed E-state index contributed by atoms with van der Waals surface area (Å²) in [7, 11) is -1.05. The van der Waals surface area contributed by atoms with Crippen molar-refractivity contribution >= 4 is 43.6 Å². The molecule has 47 heavy (non-hydrogen) atoms. The number of amides is 1. The topological polar surface area (TPSA) is 114 Å². The minimum absolute atomic E-state index is 0.0296. The van der Waals surface area contributed by atoms with E-state index in [2.05, 4.69) is 39.2 Å². The highest BCUT2D eigenvalue weighted by molar-refractivity contribution is 6.74. The SMILES string of the molecule is COC(=O)c1cc(-c2cccc(NCCN(CC(O[Si](C)(C)C(C)(C)C)c3cccc(Cl)c3)C(=O)OC(C)(C)C)c2)ccc1C(=O)O. The first-order valence-electron chi connectivity index (χ1n) is 15.5. The van der Waals surface area contributed by atoms with E-state index in [1.807, 2.05) is 69.3 Å². The lowest BCUT2D eigenvalue weighted by molar-refractivity contribution is 0.0165. The Balaban J connectivity index is 1.87. The Bertz CT molecular complexity index is 1580. The van der Waals surface area contributed by atoms with Gasteiger partial charge in [0, 0.05) is 23.8 Å². The van der Waals surface area contributed by atoms with Crippen LogP contribution in [0, 0.1) is 0 Å². The molecule has 1 atom stereocenters. The average molecular weight is 683 g/mol. The van der Waals surface area contributed by atoms with Crippen molar-refractivity contribution in [2.45, 2.75) is 71.4 Å². The van der Waals surface area contributed by atoms with Crippen molar-refractivity contribution in [3.8, 4) is 11.1 Å². The van der Waals surface area contributed by atoms with E-state index in [9.17, 15) is 19.5 Å². The van der Waals surface area contributed by atoms with Gasteiger partial charge in [-0.2, -0.15) is 0 Å². The van der Waals surface area contributed by atoms with Gasteiger partial charge in [0.15, 0.2) is 8.32 Å². The number of esters is 1. The molecule has 0 fully saturated rings. The molecule has 254 valence electrons. The van der Waals surface area contributed by atoms with E-state index >= 15 is 0 Å². The molecule has 2 N–H and O–H groups in total. The molecule has 0 saturated carbocycles. The molecule has 1 unspecified atom stereocenters. The molecule has 1 amide bonds. The van der Waals surface area contributed by atoms with E-state index in [1.54, 1.807) is 11.0 Å². The maximum atomic E-state index is 13.5. The highest BCUT2D eigenvalue weighted by Gasteiger charge is 2.40. The zero-order chi connectivity index (χ0) is 35.2. The second-order valence-electron chi connectivity index (χ2n) is 13.9. The summed E-state index contributed by atoms with van der Waals surface area (Å²) in [5.74, 6) is -1.94. The molecule has 3 aromatic carbocycles. The summed E-state index contributed by atoms with van der Waals surface area (Å²) in [6, 6.07) is 19.6. The van der Waals surface area contributed by atoms with Crippen LogP contribution in [0.5, 0.6) is 0 Å². The summed E-state index contributed by atoms with van der Waals surface area (Å²) in [5, 5.41) is 13.4. The Labute approximate surface area is 284 Å². The van der Waals surface area contributed by atoms with Gasteiger partial charge in [-0.15, -0.1) is 0 Å². The maximum Gasteiger partial charge on any atom is 0.410 e. The molecule has 3 aromatic rings. The van der Waals surface area contributed by atoms with Crippen molar-refractivity contribution < 1.29 is 33.4 Å². The van der Waals surface area contributed by atoms with Gasteiger partial charge >= 0.3 is 18.0 Å². The molecule has 0 aliphatic rings. The molecular weight excluding hydrogens is 636 g/mol. The third-order valence-corrected chi connectivity index (χ3v) is 12.8. The number of hydrogen-bond acceptors (Lipinski definition) is 7. The molecule has 0 aliphatic carbocycles. The van der Waals surface area contributed by atoms with Gasteiger partial charge in [0.05, 0.1) is 30.9 Å². The van der Waals surface area contributed by atoms with Gasteiger partial charge in [-0.1, -0.05) is 62.7 Å². The normalized spacial score (nSPS) is 12.6. The van der Waals surface area contributed by atoms with E-state index in [0.29, 0.717) is 23.7 Å². The molecule has 9 nitrogen and oxygen atoms in total. The lowest BCUT2D eigenvalue weighted by Crippen LogP contribution is -2.46. The van der Waals surface area contributed by atoms with E-state index < -0.39 is 38.1 Å². The number of methoxy groups -OCH3 is 1. The monoisotopic (exact) mass is 682 g/mol. The molecule has 0 radical (unpaired) electrons. The molecule has 0 heterocycles. The van der Waals surface area contributed by atoms with Crippen LogP contribution in [-0.4, -0.2) is 68.7 Å². The summed E-state index contributed by atoms with van der Waals surface area (Å²) < 4.78 is 17.5. The number of halogens is 1. The second-order valence-corrected chi connectivity index (χ2v) is 19.1. The largest absolute Gasteiger partial charge is 0.478 e. The van der Waals surface area contributed by atoms with Gasteiger partial charge in [-0.25, -0.2) is 14.4 Å². The fraction of sp³-hybridized carbons (Fsp3) is 0.417. The fourth-order valence-electron chi connectivity index (χ4n) is 4.57. The Kier molecular flexibility index (Phi) is 12.3. The predicted octanol–water partition coefficient (Wildman–Crippen LogP) is 8.90. The number of rotatable bonds is 12. The van der Waals surface area contributed by atoms with Crippen LogP contribution in [0.2, 0.25) is 23.2 Å². The van der Waals surface area contributed by atoms with Crippen LogP contribution in [0.25, 0.3) is 11.1 Å². The van der Waals surface area contributed by atoms with Crippen molar-refractivity contribution in [3.05, 3.63) is 88.4 Å². The summed E-state index contributed by atoms with van der Waals surface area (Å²) in [4.78, 5) is 39.2. The first-order valence-corrected chi connectivity index (χ1v) is 18.8. The van der Waals surface area contributed by atoms with E-state index in [-0.39, 0.29) is 22.7 Å². The highest BCUT2D eigenvalue weighted by atomic mass is 35.5. The van der Waals surface area contributed by atoms with Crippen LogP contribution in [0.15, 0.2) is 66.7 Å². The first kappa shape index (κ1) is 37.6. The van der Waals surface area contributed by atoms with Crippen molar-refractivity contribution in [3.63, 3.8) is 0 Å². The van der Waals surface area contributed by atoms with Crippen LogP contribution in [0.4, 0.5) is 10.5 Å². The van der Waals surface area contributed by atoms with Gasteiger partial charge in [-0.3, -0.25) is 0 Å². The minimum atomic E-state index is -2.26. The number of benzene rings is 3. The molecular formula is C36H47ClN2O7Si. The summed E-state index contributed by atoms with van der Waals surface area (Å²) >= 11 is 6.39. The second kappa shape index (κ2) is 15.4. The maximum absolute atomic E-state index is 13.5. The van der Waals surface area contributed by atoms with Gasteiger partial charge < -0.3 is 29.2 Å². The lowest BCUT2D eigenvalue weighted by atomic mass is 9.98. The number of anilines is 1. The third kappa shape index (κ3) is 10.6. The van der Waals surface area contributed by atoms with Gasteiger partial charge in [0.1, 0.15) is 5.60 Å². The van der Waals surface area contributed by atoms with Crippen LogP contribution < -0.4 is 5.32 Å². The lowest BCUT2D eigenvalue weighted by Gasteiger charge is -2.40. The minimum Gasteiger partial charge on any atom is -0.478 e. The summed E-state index contributed by atoms with van der Waals surface area (Å²) in [5.41, 5.74) is 2.23. The average Bonchev–Trinajstić information content (AvgIpc) is 2.98. The third-order valence-electron chi connectivity index (χ3n) is 8.06. The molecule has 0 saturated heterocycles. The quantitative estimate of drug-likeness (QED) is 0.144. The molecule has 0 aromatic heterocycles. The Morgan fingerprint density at radius 3 is 2.17 bits per heavy atom. The Hall–Kier alpha value is -3.86. The van der Waals surface area contributed by atoms with E-state index in [0.717, 1.165) is 16.8 Å². The number of nitrogens with one attached hydrogen (secondary N) is 1. The molecule has 3 rings (SSSR count). The van der Waals surface area contributed by atoms with Crippen molar-refractivity contribution in [2.24, 2.45) is 0 Å². The number of carbonyl (C=O) groups excluding carboxylic acids is 2. The fourth-order valence-corrected chi connectivity index (χ4v) is 6.04. The number of carbonyl (C=O) groups is 3. The standard InChI is InChI=1S/C36H47ClN2O7Si/c1-35(2,3)45-34(43)39(23-31(26-13-10-14-27(37)20-26)46-47(8,9)36(4,5)6)19-18-38-28-15-11-12-24(21-28)25-16-17-29(32(40)41)30(22-25)33(42)44-7/h10-17,20-22,31,38H,18-19,23H2,1-9H3,(H,40,41). The summed E-state index contributed by atoms with van der Waals surface area (Å²) in [6.07, 6.45) is -0.879. The number of ether oxygens (including phenoxy) is 2. The molecule has 0 spiro atoms. The van der Waals surface area contributed by atoms with Gasteiger partial charge in [0.25, 0.3) is 0 Å². The van der Waals surface area contributed by atoms with Gasteiger partial charge in [-0.05, 0) is 92.0 Å². The Morgan fingerprint density at radius 1 is 0.915 bits per heavy atom. The van der Waals surface area contributed by atoms with Crippen molar-refractivity contribution in [1.29, 1.82) is 0 Å². The van der Waals surface area contributed by atoms with Crippen LogP contribution >= 0.6 is 11.6 Å². The molecule has 11 heteroatoms. The van der Waals surface area contributed by atoms with Crippen molar-refractivity contribution in [2.75, 3.05) is 32.1 Å². The summed E-state index contributed by atoms with van der Waals surface area (Å²) in [6.45, 7) is 17.4. The van der Waals surface area contributed by atoms with Crippen LogP contribution in [-0.2, 0) is 13.9 Å². The number of nitrogens with zero attached hydrogens (tertiary/aromatic N) is 1. The zero-order valence-corrected chi connectivity index (χ0v) is 30.5. The first-order chi connectivity index (χ1) is 21.8. The number of aromatic carboxylic acids is 1. The predicted molar refractivity (Wildman–Crippen MR) is 189 cm³/mol. The van der Waals surface area contributed by atoms with Crippen molar-refractivity contribution in [1.82, 2.24) is 4.90 Å². The number of carboxylic acid groups (broad SMARTS) is 1. The number of carboxylic acids is 1. The Morgan fingerprint density at radius 2 is 1.57 bits per heavy atom. The number of hydrogen-bond donors (Lipinski definition) is 2. The molecule has 0 aliphatic heterocycles. The van der Waals surface area contributed by atoms with E-state index in [4.69, 9.17) is 25.5 Å². The van der Waals surface area contributed by atoms with Gasteiger partial charge in [0.2, 0.25) is 0 Å². The van der Waals surface area contributed by atoms with Crippen LogP contribution in [0.1, 0.15) is 73.9 Å². The smallest absolute Gasteiger partial charge is 0.410 e. The van der Waals surface area contributed by atoms with E-state index in [1.165, 1.54) is 19.2 Å². The van der Waals surface area contributed by atoms with Crippen LogP contribution in [0.3, 0.4) is 0 Å². The zero-order valence-electron chi connectivity index (χ0n) is 28.8.